The number of carbonyl (C=O) groups excluding carboxylic acids is 4. The number of imide groups is 2. The number of nitrogens with zero attached hydrogens (tertiary/aromatic N) is 1. The van der Waals surface area contributed by atoms with E-state index in [1.54, 1.807) is 18.2 Å². The summed E-state index contributed by atoms with van der Waals surface area (Å²) in [6.45, 7) is 4.59. The standard InChI is InChI=1S/C19H22N3O4/c1-2-3-4-5-10-20-12-6-7-13-14(11-12)19(26)22(18(13)25)15-8-9-16(23)21-17(15)24/h6-7,11,15,20H,1-5,8-10H2,(H,21,23,24). The maximum atomic E-state index is 12.7. The zero-order valence-electron chi connectivity index (χ0n) is 14.5. The summed E-state index contributed by atoms with van der Waals surface area (Å²) in [7, 11) is 0. The molecule has 0 spiro atoms. The number of anilines is 1. The largest absolute Gasteiger partial charge is 0.385 e. The summed E-state index contributed by atoms with van der Waals surface area (Å²) in [4.78, 5) is 49.6. The quantitative estimate of drug-likeness (QED) is 0.575. The number of rotatable bonds is 7. The van der Waals surface area contributed by atoms with Crippen molar-refractivity contribution >= 4 is 29.3 Å². The highest BCUT2D eigenvalue weighted by atomic mass is 16.2. The van der Waals surface area contributed by atoms with Gasteiger partial charge in [-0.05, 0) is 31.0 Å². The summed E-state index contributed by atoms with van der Waals surface area (Å²) in [5.41, 5.74) is 1.36. The highest BCUT2D eigenvalue weighted by Gasteiger charge is 2.44. The lowest BCUT2D eigenvalue weighted by Gasteiger charge is -2.27. The summed E-state index contributed by atoms with van der Waals surface area (Å²) < 4.78 is 0. The zero-order valence-corrected chi connectivity index (χ0v) is 14.5. The van der Waals surface area contributed by atoms with E-state index in [1.165, 1.54) is 0 Å². The Labute approximate surface area is 152 Å². The van der Waals surface area contributed by atoms with Crippen LogP contribution in [0.4, 0.5) is 5.69 Å². The molecular formula is C19H22N3O4. The fourth-order valence-corrected chi connectivity index (χ4v) is 3.29. The zero-order chi connectivity index (χ0) is 18.7. The first-order valence-corrected chi connectivity index (χ1v) is 8.91. The van der Waals surface area contributed by atoms with Crippen molar-refractivity contribution in [3.05, 3.63) is 36.2 Å². The predicted octanol–water partition coefficient (Wildman–Crippen LogP) is 1.89. The number of unbranched alkanes of at least 4 members (excludes halogenated alkanes) is 3. The van der Waals surface area contributed by atoms with Crippen LogP contribution in [-0.4, -0.2) is 41.1 Å². The van der Waals surface area contributed by atoms with E-state index in [-0.39, 0.29) is 18.7 Å². The van der Waals surface area contributed by atoms with Crippen LogP contribution in [0.5, 0.6) is 0 Å². The molecule has 7 nitrogen and oxygen atoms in total. The van der Waals surface area contributed by atoms with E-state index < -0.39 is 23.8 Å². The third-order valence-electron chi connectivity index (χ3n) is 4.70. The lowest BCUT2D eigenvalue weighted by Crippen LogP contribution is -2.54. The first-order valence-electron chi connectivity index (χ1n) is 8.91. The van der Waals surface area contributed by atoms with Crippen LogP contribution >= 0.6 is 0 Å². The molecule has 0 bridgehead atoms. The normalized spacial score (nSPS) is 19.6. The van der Waals surface area contributed by atoms with Crippen molar-refractivity contribution in [2.24, 2.45) is 0 Å². The fraction of sp³-hybridized carbons (Fsp3) is 0.421. The molecule has 2 aliphatic heterocycles. The molecule has 1 aromatic rings. The Balaban J connectivity index is 1.71. The maximum absolute atomic E-state index is 12.7. The van der Waals surface area contributed by atoms with Crippen LogP contribution in [0.1, 0.15) is 59.2 Å². The van der Waals surface area contributed by atoms with Crippen molar-refractivity contribution < 1.29 is 19.2 Å². The smallest absolute Gasteiger partial charge is 0.262 e. The molecule has 7 heteroatoms. The summed E-state index contributed by atoms with van der Waals surface area (Å²) >= 11 is 0. The third kappa shape index (κ3) is 3.47. The Bertz CT molecular complexity index is 759. The number of carbonyl (C=O) groups is 4. The Morgan fingerprint density at radius 1 is 1.08 bits per heavy atom. The Morgan fingerprint density at radius 3 is 2.58 bits per heavy atom. The highest BCUT2D eigenvalue weighted by Crippen LogP contribution is 2.29. The average Bonchev–Trinajstić information content (AvgIpc) is 2.86. The molecule has 2 aliphatic rings. The van der Waals surface area contributed by atoms with Crippen LogP contribution in [0.2, 0.25) is 0 Å². The molecule has 1 radical (unpaired) electrons. The van der Waals surface area contributed by atoms with Gasteiger partial charge in [-0.1, -0.05) is 26.2 Å². The first-order chi connectivity index (χ1) is 12.5. The second kappa shape index (κ2) is 7.68. The Hall–Kier alpha value is -2.70. The van der Waals surface area contributed by atoms with Gasteiger partial charge in [0.1, 0.15) is 6.04 Å². The van der Waals surface area contributed by atoms with Crippen LogP contribution in [0.25, 0.3) is 0 Å². The number of nitrogens with one attached hydrogen (secondary N) is 2. The molecule has 4 amide bonds. The SMILES string of the molecule is [CH2]CCCCCNc1ccc2c(c1)C(=O)N(C1CCC(=O)NC1=O)C2=O. The van der Waals surface area contributed by atoms with Crippen molar-refractivity contribution in [3.8, 4) is 0 Å². The van der Waals surface area contributed by atoms with Gasteiger partial charge in [0.05, 0.1) is 11.1 Å². The summed E-state index contributed by atoms with van der Waals surface area (Å²) in [6.07, 6.45) is 4.37. The van der Waals surface area contributed by atoms with E-state index in [9.17, 15) is 19.2 Å². The topological polar surface area (TPSA) is 95.6 Å². The monoisotopic (exact) mass is 356 g/mol. The number of benzene rings is 1. The molecule has 1 atom stereocenters. The number of piperidine rings is 1. The van der Waals surface area contributed by atoms with Crippen molar-refractivity contribution in [1.29, 1.82) is 0 Å². The molecule has 1 saturated heterocycles. The number of hydrogen-bond acceptors (Lipinski definition) is 5. The molecule has 0 aliphatic carbocycles. The average molecular weight is 356 g/mol. The minimum Gasteiger partial charge on any atom is -0.385 e. The van der Waals surface area contributed by atoms with Gasteiger partial charge in [-0.25, -0.2) is 0 Å². The van der Waals surface area contributed by atoms with Gasteiger partial charge in [0, 0.05) is 18.7 Å². The molecule has 2 heterocycles. The lowest BCUT2D eigenvalue weighted by molar-refractivity contribution is -0.136. The minimum absolute atomic E-state index is 0.115. The number of amides is 4. The van der Waals surface area contributed by atoms with E-state index in [4.69, 9.17) is 0 Å². The molecular weight excluding hydrogens is 334 g/mol. The van der Waals surface area contributed by atoms with Crippen LogP contribution in [0.3, 0.4) is 0 Å². The van der Waals surface area contributed by atoms with Crippen LogP contribution in [-0.2, 0) is 9.59 Å². The summed E-state index contributed by atoms with van der Waals surface area (Å²) in [5, 5.41) is 5.44. The Kier molecular flexibility index (Phi) is 5.35. The van der Waals surface area contributed by atoms with Gasteiger partial charge in [-0.2, -0.15) is 0 Å². The van der Waals surface area contributed by atoms with Crippen LogP contribution < -0.4 is 10.6 Å². The fourth-order valence-electron chi connectivity index (χ4n) is 3.29. The van der Waals surface area contributed by atoms with Gasteiger partial charge in [-0.3, -0.25) is 29.4 Å². The van der Waals surface area contributed by atoms with Crippen molar-refractivity contribution in [2.75, 3.05) is 11.9 Å². The lowest BCUT2D eigenvalue weighted by atomic mass is 10.0. The van der Waals surface area contributed by atoms with E-state index in [1.807, 2.05) is 0 Å². The van der Waals surface area contributed by atoms with E-state index >= 15 is 0 Å². The van der Waals surface area contributed by atoms with Crippen molar-refractivity contribution in [2.45, 2.75) is 44.6 Å². The molecule has 1 aromatic carbocycles. The molecule has 1 unspecified atom stereocenters. The second-order valence-corrected chi connectivity index (χ2v) is 6.55. The molecule has 26 heavy (non-hydrogen) atoms. The predicted molar refractivity (Wildman–Crippen MR) is 95.4 cm³/mol. The maximum Gasteiger partial charge on any atom is 0.262 e. The Morgan fingerprint density at radius 2 is 1.85 bits per heavy atom. The molecule has 2 N–H and O–H groups in total. The van der Waals surface area contributed by atoms with Crippen LogP contribution in [0.15, 0.2) is 18.2 Å². The highest BCUT2D eigenvalue weighted by molar-refractivity contribution is 6.23. The van der Waals surface area contributed by atoms with E-state index in [2.05, 4.69) is 17.6 Å². The molecule has 3 rings (SSSR count). The number of hydrogen-bond donors (Lipinski definition) is 2. The van der Waals surface area contributed by atoms with Gasteiger partial charge in [0.2, 0.25) is 11.8 Å². The van der Waals surface area contributed by atoms with Gasteiger partial charge in [0.25, 0.3) is 11.8 Å². The molecule has 0 aromatic heterocycles. The van der Waals surface area contributed by atoms with Crippen LogP contribution in [0, 0.1) is 6.92 Å². The van der Waals surface area contributed by atoms with Crippen molar-refractivity contribution in [1.82, 2.24) is 10.2 Å². The van der Waals surface area contributed by atoms with Gasteiger partial charge in [0.15, 0.2) is 0 Å². The van der Waals surface area contributed by atoms with Gasteiger partial charge < -0.3 is 5.32 Å². The van der Waals surface area contributed by atoms with E-state index in [0.717, 1.165) is 42.8 Å². The third-order valence-corrected chi connectivity index (χ3v) is 4.70. The molecule has 0 saturated carbocycles. The molecule has 1 fully saturated rings. The summed E-state index contributed by atoms with van der Waals surface area (Å²) in [6, 6.07) is 4.10. The van der Waals surface area contributed by atoms with Crippen molar-refractivity contribution in [3.63, 3.8) is 0 Å². The first kappa shape index (κ1) is 18.1. The van der Waals surface area contributed by atoms with Gasteiger partial charge >= 0.3 is 0 Å². The van der Waals surface area contributed by atoms with E-state index in [0.29, 0.717) is 11.1 Å². The van der Waals surface area contributed by atoms with Gasteiger partial charge in [-0.15, -0.1) is 0 Å². The number of fused-ring (bicyclic) bond motifs is 1. The minimum atomic E-state index is -0.931. The molecule has 137 valence electrons. The summed E-state index contributed by atoms with van der Waals surface area (Å²) in [5.74, 6) is -1.95. The second-order valence-electron chi connectivity index (χ2n) is 6.55.